The lowest BCUT2D eigenvalue weighted by Gasteiger charge is -2.36. The van der Waals surface area contributed by atoms with Crippen LogP contribution in [0.1, 0.15) is 30.9 Å². The summed E-state index contributed by atoms with van der Waals surface area (Å²) in [6, 6.07) is 5.87. The third-order valence-corrected chi connectivity index (χ3v) is 6.51. The Morgan fingerprint density at radius 1 is 1.19 bits per heavy atom. The van der Waals surface area contributed by atoms with E-state index in [1.807, 2.05) is 4.90 Å². The average Bonchev–Trinajstić information content (AvgIpc) is 3.52. The molecule has 0 bridgehead atoms. The van der Waals surface area contributed by atoms with E-state index < -0.39 is 11.7 Å². The maximum Gasteiger partial charge on any atom is 0.416 e. The highest BCUT2D eigenvalue weighted by atomic mass is 32.2. The molecule has 1 aliphatic carbocycles. The van der Waals surface area contributed by atoms with E-state index in [4.69, 9.17) is 0 Å². The molecule has 0 unspecified atom stereocenters. The molecule has 2 heterocycles. The number of carbonyl (C=O) groups excluding carboxylic acids is 1. The molecular formula is C20H26F3N7OS. The Morgan fingerprint density at radius 2 is 1.97 bits per heavy atom. The number of rotatable bonds is 9. The number of thioether (sulfide) groups is 1. The number of tetrazole rings is 1. The van der Waals surface area contributed by atoms with Gasteiger partial charge >= 0.3 is 6.18 Å². The second kappa shape index (κ2) is 10.1. The van der Waals surface area contributed by atoms with Crippen LogP contribution in [0.5, 0.6) is 0 Å². The van der Waals surface area contributed by atoms with E-state index in [1.54, 1.807) is 10.7 Å². The summed E-state index contributed by atoms with van der Waals surface area (Å²) in [5.41, 5.74) is -0.00710. The predicted molar refractivity (Wildman–Crippen MR) is 115 cm³/mol. The maximum atomic E-state index is 12.9. The number of nitrogens with zero attached hydrogens (tertiary/aromatic N) is 6. The van der Waals surface area contributed by atoms with Gasteiger partial charge < -0.3 is 10.2 Å². The number of hydrogen-bond donors (Lipinski definition) is 1. The Balaban J connectivity index is 1.11. The third-order valence-electron chi connectivity index (χ3n) is 5.57. The first-order chi connectivity index (χ1) is 15.4. The lowest BCUT2D eigenvalue weighted by atomic mass is 10.1. The van der Waals surface area contributed by atoms with E-state index in [-0.39, 0.29) is 11.7 Å². The van der Waals surface area contributed by atoms with Crippen molar-refractivity contribution in [3.8, 4) is 0 Å². The molecule has 1 saturated heterocycles. The number of nitrogens with one attached hydrogen (secondary N) is 1. The summed E-state index contributed by atoms with van der Waals surface area (Å²) in [6.45, 7) is 4.35. The smallest absolute Gasteiger partial charge is 0.369 e. The number of halogens is 3. The Kier molecular flexibility index (Phi) is 7.19. The highest BCUT2D eigenvalue weighted by Crippen LogP contribution is 2.36. The molecule has 1 amide bonds. The molecule has 1 aromatic carbocycles. The van der Waals surface area contributed by atoms with Crippen molar-refractivity contribution in [2.75, 3.05) is 49.9 Å². The molecule has 1 saturated carbocycles. The van der Waals surface area contributed by atoms with E-state index >= 15 is 0 Å². The second-order valence-electron chi connectivity index (χ2n) is 8.01. The molecule has 2 aromatic rings. The van der Waals surface area contributed by atoms with Gasteiger partial charge in [-0.15, -0.1) is 5.10 Å². The second-order valence-corrected chi connectivity index (χ2v) is 8.95. The Bertz CT molecular complexity index is 911. The van der Waals surface area contributed by atoms with Gasteiger partial charge in [-0.2, -0.15) is 13.2 Å². The van der Waals surface area contributed by atoms with Gasteiger partial charge in [0, 0.05) is 38.4 Å². The van der Waals surface area contributed by atoms with Gasteiger partial charge in [0.05, 0.1) is 17.4 Å². The summed E-state index contributed by atoms with van der Waals surface area (Å²) in [7, 11) is 0. The van der Waals surface area contributed by atoms with E-state index in [0.29, 0.717) is 36.5 Å². The molecule has 32 heavy (non-hydrogen) atoms. The highest BCUT2D eigenvalue weighted by molar-refractivity contribution is 7.99. The Morgan fingerprint density at radius 3 is 2.69 bits per heavy atom. The van der Waals surface area contributed by atoms with Crippen molar-refractivity contribution in [1.29, 1.82) is 0 Å². The van der Waals surface area contributed by atoms with Crippen LogP contribution < -0.4 is 10.2 Å². The zero-order valence-electron chi connectivity index (χ0n) is 17.6. The van der Waals surface area contributed by atoms with Crippen LogP contribution >= 0.6 is 11.8 Å². The average molecular weight is 470 g/mol. The molecule has 1 aromatic heterocycles. The topological polar surface area (TPSA) is 79.2 Å². The third kappa shape index (κ3) is 6.12. The summed E-state index contributed by atoms with van der Waals surface area (Å²) in [4.78, 5) is 16.3. The molecule has 1 aliphatic heterocycles. The van der Waals surface area contributed by atoms with Crippen LogP contribution in [0.4, 0.5) is 18.9 Å². The van der Waals surface area contributed by atoms with E-state index in [0.717, 1.165) is 45.0 Å². The van der Waals surface area contributed by atoms with Gasteiger partial charge in [0.15, 0.2) is 0 Å². The van der Waals surface area contributed by atoms with Gasteiger partial charge in [-0.1, -0.05) is 17.8 Å². The van der Waals surface area contributed by atoms with Crippen molar-refractivity contribution >= 4 is 23.4 Å². The van der Waals surface area contributed by atoms with Crippen molar-refractivity contribution in [3.05, 3.63) is 29.8 Å². The normalized spacial score (nSPS) is 17.5. The molecule has 2 aliphatic rings. The summed E-state index contributed by atoms with van der Waals surface area (Å²) in [6.07, 6.45) is -1.34. The van der Waals surface area contributed by atoms with Crippen LogP contribution in [0.25, 0.3) is 0 Å². The van der Waals surface area contributed by atoms with Crippen LogP contribution in [-0.4, -0.2) is 76.0 Å². The van der Waals surface area contributed by atoms with Crippen LogP contribution in [0, 0.1) is 0 Å². The fourth-order valence-electron chi connectivity index (χ4n) is 3.65. The number of hydrogen-bond acceptors (Lipinski definition) is 7. The van der Waals surface area contributed by atoms with E-state index in [2.05, 4.69) is 25.7 Å². The summed E-state index contributed by atoms with van der Waals surface area (Å²) < 4.78 is 40.6. The van der Waals surface area contributed by atoms with Gasteiger partial charge in [0.25, 0.3) is 0 Å². The first kappa shape index (κ1) is 22.8. The van der Waals surface area contributed by atoms with Gasteiger partial charge in [-0.05, 0) is 54.4 Å². The van der Waals surface area contributed by atoms with Gasteiger partial charge in [-0.3, -0.25) is 9.69 Å². The Labute approximate surface area is 188 Å². The van der Waals surface area contributed by atoms with Gasteiger partial charge in [0.2, 0.25) is 11.1 Å². The number of piperazine rings is 1. The molecule has 174 valence electrons. The molecule has 0 atom stereocenters. The number of benzene rings is 1. The van der Waals surface area contributed by atoms with Gasteiger partial charge in [0.1, 0.15) is 0 Å². The number of alkyl halides is 3. The molecule has 4 rings (SSSR count). The lowest BCUT2D eigenvalue weighted by Crippen LogP contribution is -2.47. The van der Waals surface area contributed by atoms with Crippen molar-refractivity contribution in [2.24, 2.45) is 0 Å². The standard InChI is InChI=1S/C20H26F3N7OS/c21-20(22,23)15-3-1-4-17(13-15)29-11-9-28(10-12-29)8-2-7-24-18(31)14-32-19-25-26-27-30(19)16-5-6-16/h1,3-4,13,16H,2,5-12,14H2,(H,24,31). The molecule has 0 spiro atoms. The molecule has 1 N–H and O–H groups in total. The number of amides is 1. The first-order valence-corrected chi connectivity index (χ1v) is 11.7. The van der Waals surface area contributed by atoms with Crippen LogP contribution in [0.3, 0.4) is 0 Å². The summed E-state index contributed by atoms with van der Waals surface area (Å²) >= 11 is 1.35. The largest absolute Gasteiger partial charge is 0.416 e. The maximum absolute atomic E-state index is 12.9. The minimum atomic E-state index is -4.33. The Hall–Kier alpha value is -2.34. The van der Waals surface area contributed by atoms with E-state index in [1.165, 1.54) is 23.9 Å². The van der Waals surface area contributed by atoms with Crippen molar-refractivity contribution in [1.82, 2.24) is 30.4 Å². The molecular weight excluding hydrogens is 443 g/mol. The number of aromatic nitrogens is 4. The number of carbonyl (C=O) groups is 1. The van der Waals surface area contributed by atoms with Crippen LogP contribution in [0.15, 0.2) is 29.4 Å². The van der Waals surface area contributed by atoms with Gasteiger partial charge in [-0.25, -0.2) is 4.68 Å². The fraction of sp³-hybridized carbons (Fsp3) is 0.600. The summed E-state index contributed by atoms with van der Waals surface area (Å²) in [5.74, 6) is 0.234. The minimum absolute atomic E-state index is 0.0466. The molecule has 0 radical (unpaired) electrons. The fourth-order valence-corrected chi connectivity index (χ4v) is 4.42. The molecule has 12 heteroatoms. The number of anilines is 1. The van der Waals surface area contributed by atoms with Crippen LogP contribution in [-0.2, 0) is 11.0 Å². The van der Waals surface area contributed by atoms with Crippen molar-refractivity contribution < 1.29 is 18.0 Å². The minimum Gasteiger partial charge on any atom is -0.369 e. The highest BCUT2D eigenvalue weighted by Gasteiger charge is 2.31. The zero-order valence-corrected chi connectivity index (χ0v) is 18.4. The monoisotopic (exact) mass is 469 g/mol. The first-order valence-electron chi connectivity index (χ1n) is 10.7. The van der Waals surface area contributed by atoms with Crippen LogP contribution in [0.2, 0.25) is 0 Å². The SMILES string of the molecule is O=C(CSc1nnnn1C1CC1)NCCCN1CCN(c2cccc(C(F)(F)F)c2)CC1. The molecule has 2 fully saturated rings. The van der Waals surface area contributed by atoms with Crippen molar-refractivity contribution in [3.63, 3.8) is 0 Å². The quantitative estimate of drug-likeness (QED) is 0.446. The predicted octanol–water partition coefficient (Wildman–Crippen LogP) is 2.45. The lowest BCUT2D eigenvalue weighted by molar-refractivity contribution is -0.137. The zero-order chi connectivity index (χ0) is 22.6. The summed E-state index contributed by atoms with van der Waals surface area (Å²) in [5, 5.41) is 15.2. The van der Waals surface area contributed by atoms with Crippen molar-refractivity contribution in [2.45, 2.75) is 36.6 Å². The van der Waals surface area contributed by atoms with E-state index in [9.17, 15) is 18.0 Å². The molecule has 8 nitrogen and oxygen atoms in total.